The molecule has 1 unspecified atom stereocenters. The zero-order chi connectivity index (χ0) is 20.5. The molecule has 0 aliphatic carbocycles. The van der Waals surface area contributed by atoms with Crippen LogP contribution < -0.4 is 4.74 Å². The van der Waals surface area contributed by atoms with E-state index in [1.807, 2.05) is 84.9 Å². The van der Waals surface area contributed by atoms with Gasteiger partial charge >= 0.3 is 5.97 Å². The van der Waals surface area contributed by atoms with Crippen LogP contribution >= 0.6 is 0 Å². The van der Waals surface area contributed by atoms with Crippen molar-refractivity contribution >= 4 is 11.7 Å². The Morgan fingerprint density at radius 2 is 1.41 bits per heavy atom. The summed E-state index contributed by atoms with van der Waals surface area (Å²) in [5.41, 5.74) is 3.58. The van der Waals surface area contributed by atoms with E-state index >= 15 is 0 Å². The van der Waals surface area contributed by atoms with Crippen molar-refractivity contribution in [2.24, 2.45) is 4.99 Å². The Morgan fingerprint density at radius 3 is 1.97 bits per heavy atom. The van der Waals surface area contributed by atoms with Crippen LogP contribution in [0.5, 0.6) is 5.75 Å². The molecule has 3 rings (SSSR count). The maximum atomic E-state index is 12.8. The average Bonchev–Trinajstić information content (AvgIpc) is 2.78. The van der Waals surface area contributed by atoms with E-state index in [2.05, 4.69) is 0 Å². The van der Waals surface area contributed by atoms with Crippen molar-refractivity contribution in [3.05, 3.63) is 102 Å². The molecule has 0 N–H and O–H groups in total. The van der Waals surface area contributed by atoms with Gasteiger partial charge in [0.05, 0.1) is 19.4 Å². The summed E-state index contributed by atoms with van der Waals surface area (Å²) in [7, 11) is 1.63. The number of esters is 1. The highest BCUT2D eigenvalue weighted by atomic mass is 16.5. The lowest BCUT2D eigenvalue weighted by atomic mass is 10.0. The van der Waals surface area contributed by atoms with Crippen LogP contribution in [0.25, 0.3) is 0 Å². The molecule has 0 aliphatic rings. The maximum absolute atomic E-state index is 12.8. The van der Waals surface area contributed by atoms with E-state index in [1.54, 1.807) is 14.0 Å². The zero-order valence-corrected chi connectivity index (χ0v) is 16.7. The van der Waals surface area contributed by atoms with E-state index < -0.39 is 6.04 Å². The van der Waals surface area contributed by atoms with Gasteiger partial charge in [0, 0.05) is 17.5 Å². The summed E-state index contributed by atoms with van der Waals surface area (Å²) in [6.45, 7) is 2.11. The van der Waals surface area contributed by atoms with Crippen molar-refractivity contribution in [2.75, 3.05) is 13.7 Å². The monoisotopic (exact) mass is 387 g/mol. The van der Waals surface area contributed by atoms with Crippen LogP contribution in [0.4, 0.5) is 0 Å². The molecule has 0 fully saturated rings. The van der Waals surface area contributed by atoms with Crippen molar-refractivity contribution in [1.29, 1.82) is 0 Å². The van der Waals surface area contributed by atoms with Gasteiger partial charge in [-0.3, -0.25) is 4.99 Å². The molecule has 29 heavy (non-hydrogen) atoms. The number of carbonyl (C=O) groups is 1. The second-order valence-corrected chi connectivity index (χ2v) is 6.49. The normalized spacial score (nSPS) is 11.4. The smallest absolute Gasteiger partial charge is 0.331 e. The molecule has 0 saturated heterocycles. The van der Waals surface area contributed by atoms with Gasteiger partial charge in [-0.25, -0.2) is 4.79 Å². The Balaban J connectivity index is 2.06. The Morgan fingerprint density at radius 1 is 0.862 bits per heavy atom. The number of hydrogen-bond donors (Lipinski definition) is 0. The molecular formula is C25H25NO3. The number of methoxy groups -OCH3 is 1. The number of para-hydroxylation sites is 1. The largest absolute Gasteiger partial charge is 0.496 e. The lowest BCUT2D eigenvalue weighted by molar-refractivity contribution is -0.144. The minimum absolute atomic E-state index is 0.308. The van der Waals surface area contributed by atoms with Crippen LogP contribution in [0.15, 0.2) is 89.9 Å². The van der Waals surface area contributed by atoms with Crippen molar-refractivity contribution in [3.63, 3.8) is 0 Å². The molecule has 4 heteroatoms. The summed E-state index contributed by atoms with van der Waals surface area (Å²) in [5, 5.41) is 0. The third-order valence-corrected chi connectivity index (χ3v) is 4.54. The van der Waals surface area contributed by atoms with Crippen LogP contribution in [0, 0.1) is 0 Å². The second kappa shape index (κ2) is 10.2. The molecule has 3 aromatic rings. The zero-order valence-electron chi connectivity index (χ0n) is 16.7. The van der Waals surface area contributed by atoms with Crippen LogP contribution in [-0.4, -0.2) is 31.4 Å². The fourth-order valence-corrected chi connectivity index (χ4v) is 3.16. The molecule has 0 spiro atoms. The Bertz CT molecular complexity index is 911. The first-order valence-electron chi connectivity index (χ1n) is 9.70. The summed E-state index contributed by atoms with van der Waals surface area (Å²) in [6.07, 6.45) is 0.395. The third-order valence-electron chi connectivity index (χ3n) is 4.54. The standard InChI is InChI=1S/C25H25NO3/c1-3-29-25(27)22(18-21-16-10-11-17-23(21)28-2)26-24(19-12-6-4-7-13-19)20-14-8-5-9-15-20/h4-17,22H,3,18H2,1-2H3. The molecule has 0 aliphatic heterocycles. The van der Waals surface area contributed by atoms with Crippen molar-refractivity contribution < 1.29 is 14.3 Å². The molecule has 3 aromatic carbocycles. The highest BCUT2D eigenvalue weighted by molar-refractivity contribution is 6.13. The van der Waals surface area contributed by atoms with Gasteiger partial charge in [-0.05, 0) is 18.6 Å². The number of hydrogen-bond acceptors (Lipinski definition) is 4. The minimum atomic E-state index is -0.679. The molecule has 0 aromatic heterocycles. The van der Waals surface area contributed by atoms with Crippen molar-refractivity contribution in [3.8, 4) is 5.75 Å². The molecule has 1 atom stereocenters. The first-order valence-corrected chi connectivity index (χ1v) is 9.70. The van der Waals surface area contributed by atoms with Gasteiger partial charge in [-0.1, -0.05) is 78.9 Å². The quantitative estimate of drug-likeness (QED) is 0.415. The number of ether oxygens (including phenoxy) is 2. The topological polar surface area (TPSA) is 47.9 Å². The van der Waals surface area contributed by atoms with Gasteiger partial charge in [-0.15, -0.1) is 0 Å². The predicted molar refractivity (Wildman–Crippen MR) is 116 cm³/mol. The van der Waals surface area contributed by atoms with Gasteiger partial charge in [0.15, 0.2) is 6.04 Å². The molecule has 0 heterocycles. The highest BCUT2D eigenvalue weighted by Crippen LogP contribution is 2.22. The Hall–Kier alpha value is -3.40. The van der Waals surface area contributed by atoms with Crippen LogP contribution in [0.1, 0.15) is 23.6 Å². The van der Waals surface area contributed by atoms with Crippen LogP contribution in [-0.2, 0) is 16.0 Å². The van der Waals surface area contributed by atoms with Crippen LogP contribution in [0.3, 0.4) is 0 Å². The summed E-state index contributed by atoms with van der Waals surface area (Å²) in [4.78, 5) is 17.7. The fraction of sp³-hybridized carbons (Fsp3) is 0.200. The minimum Gasteiger partial charge on any atom is -0.496 e. The van der Waals surface area contributed by atoms with Gasteiger partial charge in [0.25, 0.3) is 0 Å². The number of rotatable bonds is 8. The van der Waals surface area contributed by atoms with Gasteiger partial charge in [0.1, 0.15) is 5.75 Å². The highest BCUT2D eigenvalue weighted by Gasteiger charge is 2.23. The molecule has 0 amide bonds. The first-order chi connectivity index (χ1) is 14.2. The number of aliphatic imine (C=N–C) groups is 1. The summed E-state index contributed by atoms with van der Waals surface area (Å²) >= 11 is 0. The second-order valence-electron chi connectivity index (χ2n) is 6.49. The van der Waals surface area contributed by atoms with E-state index in [0.717, 1.165) is 28.2 Å². The SMILES string of the molecule is CCOC(=O)C(Cc1ccccc1OC)N=C(c1ccccc1)c1ccccc1. The molecule has 0 bridgehead atoms. The number of benzene rings is 3. The third kappa shape index (κ3) is 5.32. The van der Waals surface area contributed by atoms with E-state index in [0.29, 0.717) is 13.0 Å². The van der Waals surface area contributed by atoms with Crippen molar-refractivity contribution in [1.82, 2.24) is 0 Å². The van der Waals surface area contributed by atoms with Crippen LogP contribution in [0.2, 0.25) is 0 Å². The molecule has 0 radical (unpaired) electrons. The lowest BCUT2D eigenvalue weighted by Crippen LogP contribution is -2.26. The van der Waals surface area contributed by atoms with Gasteiger partial charge in [-0.2, -0.15) is 0 Å². The van der Waals surface area contributed by atoms with E-state index in [1.165, 1.54) is 0 Å². The maximum Gasteiger partial charge on any atom is 0.331 e. The van der Waals surface area contributed by atoms with Crippen molar-refractivity contribution in [2.45, 2.75) is 19.4 Å². The number of carbonyl (C=O) groups excluding carboxylic acids is 1. The van der Waals surface area contributed by atoms with Gasteiger partial charge < -0.3 is 9.47 Å². The summed E-state index contributed by atoms with van der Waals surface area (Å²) < 4.78 is 10.8. The Labute approximate surface area is 171 Å². The lowest BCUT2D eigenvalue weighted by Gasteiger charge is -2.16. The summed E-state index contributed by atoms with van der Waals surface area (Å²) in [6, 6.07) is 26.8. The predicted octanol–water partition coefficient (Wildman–Crippen LogP) is 4.71. The summed E-state index contributed by atoms with van der Waals surface area (Å²) in [5.74, 6) is 0.390. The first kappa shape index (κ1) is 20.3. The number of nitrogens with zero attached hydrogens (tertiary/aromatic N) is 1. The Kier molecular flexibility index (Phi) is 7.17. The molecular weight excluding hydrogens is 362 g/mol. The fourth-order valence-electron chi connectivity index (χ4n) is 3.16. The molecule has 0 saturated carbocycles. The van der Waals surface area contributed by atoms with E-state index in [4.69, 9.17) is 14.5 Å². The average molecular weight is 387 g/mol. The van der Waals surface area contributed by atoms with E-state index in [9.17, 15) is 4.79 Å². The van der Waals surface area contributed by atoms with E-state index in [-0.39, 0.29) is 5.97 Å². The van der Waals surface area contributed by atoms with Gasteiger partial charge in [0.2, 0.25) is 0 Å². The molecule has 148 valence electrons. The molecule has 4 nitrogen and oxygen atoms in total.